The number of aromatic hydroxyl groups is 1. The molecule has 33 heavy (non-hydrogen) atoms. The molecule has 0 bridgehead atoms. The summed E-state index contributed by atoms with van der Waals surface area (Å²) in [5.41, 5.74) is 2.37. The Labute approximate surface area is 192 Å². The van der Waals surface area contributed by atoms with Crippen molar-refractivity contribution in [3.63, 3.8) is 0 Å². The molecule has 1 saturated heterocycles. The van der Waals surface area contributed by atoms with Gasteiger partial charge in [0.05, 0.1) is 19.8 Å². The van der Waals surface area contributed by atoms with Gasteiger partial charge >= 0.3 is 0 Å². The molecule has 1 fully saturated rings. The number of phenolic OH excluding ortho intramolecular Hbond substituents is 1. The lowest BCUT2D eigenvalue weighted by atomic mass is 10.0. The van der Waals surface area contributed by atoms with Gasteiger partial charge in [-0.05, 0) is 53.9 Å². The summed E-state index contributed by atoms with van der Waals surface area (Å²) in [4.78, 5) is 15.0. The number of phenols is 1. The first kappa shape index (κ1) is 22.8. The molecule has 0 aromatic heterocycles. The lowest BCUT2D eigenvalue weighted by Gasteiger charge is -2.26. The molecule has 0 saturated carbocycles. The zero-order valence-corrected chi connectivity index (χ0v) is 18.3. The van der Waals surface area contributed by atoms with Gasteiger partial charge in [0.2, 0.25) is 0 Å². The van der Waals surface area contributed by atoms with Crippen molar-refractivity contribution in [1.82, 2.24) is 4.90 Å². The third-order valence-corrected chi connectivity index (χ3v) is 5.47. The lowest BCUT2D eigenvalue weighted by molar-refractivity contribution is 0.0357. The number of hydrogen-bond acceptors (Lipinski definition) is 5. The van der Waals surface area contributed by atoms with Crippen LogP contribution in [0.3, 0.4) is 0 Å². The van der Waals surface area contributed by atoms with Gasteiger partial charge in [0.25, 0.3) is 5.91 Å². The van der Waals surface area contributed by atoms with E-state index < -0.39 is 5.82 Å². The molecule has 1 aliphatic rings. The van der Waals surface area contributed by atoms with Crippen LogP contribution < -0.4 is 10.1 Å². The van der Waals surface area contributed by atoms with Crippen LogP contribution in [-0.4, -0.2) is 55.4 Å². The number of anilines is 1. The molecule has 1 aliphatic heterocycles. The second-order valence-electron chi connectivity index (χ2n) is 7.89. The molecule has 3 aromatic carbocycles. The van der Waals surface area contributed by atoms with Crippen molar-refractivity contribution in [3.05, 3.63) is 78.1 Å². The van der Waals surface area contributed by atoms with Crippen LogP contribution in [0.1, 0.15) is 16.8 Å². The molecule has 0 atom stereocenters. The quantitative estimate of drug-likeness (QED) is 0.493. The van der Waals surface area contributed by atoms with Crippen molar-refractivity contribution in [2.75, 3.05) is 44.8 Å². The Hall–Kier alpha value is -3.42. The highest BCUT2D eigenvalue weighted by Crippen LogP contribution is 2.25. The molecule has 0 spiro atoms. The third kappa shape index (κ3) is 6.31. The van der Waals surface area contributed by atoms with Crippen molar-refractivity contribution in [3.8, 4) is 22.6 Å². The Balaban J connectivity index is 1.33. The van der Waals surface area contributed by atoms with Crippen LogP contribution in [0.15, 0.2) is 66.7 Å². The Kier molecular flexibility index (Phi) is 7.55. The van der Waals surface area contributed by atoms with Crippen molar-refractivity contribution in [2.24, 2.45) is 0 Å². The molecule has 3 aromatic rings. The van der Waals surface area contributed by atoms with E-state index in [9.17, 15) is 14.3 Å². The Morgan fingerprint density at radius 3 is 2.55 bits per heavy atom. The number of benzene rings is 3. The van der Waals surface area contributed by atoms with Crippen LogP contribution in [0.4, 0.5) is 10.1 Å². The lowest BCUT2D eigenvalue weighted by Crippen LogP contribution is -2.37. The van der Waals surface area contributed by atoms with E-state index in [2.05, 4.69) is 10.2 Å². The number of carbonyl (C=O) groups is 1. The van der Waals surface area contributed by atoms with Crippen molar-refractivity contribution in [1.29, 1.82) is 0 Å². The van der Waals surface area contributed by atoms with E-state index in [1.165, 1.54) is 12.1 Å². The van der Waals surface area contributed by atoms with E-state index in [-0.39, 0.29) is 17.4 Å². The Bertz CT molecular complexity index is 1100. The fourth-order valence-corrected chi connectivity index (χ4v) is 3.72. The summed E-state index contributed by atoms with van der Waals surface area (Å²) in [5.74, 6) is -0.551. The predicted molar refractivity (Wildman–Crippen MR) is 125 cm³/mol. The fourth-order valence-electron chi connectivity index (χ4n) is 3.72. The number of ether oxygens (including phenoxy) is 2. The Morgan fingerprint density at radius 1 is 1.03 bits per heavy atom. The normalized spacial score (nSPS) is 14.1. The highest BCUT2D eigenvalue weighted by molar-refractivity contribution is 6.05. The number of hydrogen-bond donors (Lipinski definition) is 2. The second kappa shape index (κ2) is 10.9. The molecule has 2 N–H and O–H groups in total. The van der Waals surface area contributed by atoms with Crippen LogP contribution in [-0.2, 0) is 4.74 Å². The van der Waals surface area contributed by atoms with Gasteiger partial charge in [0.15, 0.2) is 11.6 Å². The van der Waals surface area contributed by atoms with E-state index in [1.807, 2.05) is 12.1 Å². The van der Waals surface area contributed by atoms with E-state index in [1.54, 1.807) is 42.5 Å². The molecule has 7 heteroatoms. The van der Waals surface area contributed by atoms with Gasteiger partial charge in [-0.25, -0.2) is 4.39 Å². The summed E-state index contributed by atoms with van der Waals surface area (Å²) < 4.78 is 25.4. The van der Waals surface area contributed by atoms with Crippen LogP contribution in [0, 0.1) is 5.82 Å². The van der Waals surface area contributed by atoms with E-state index in [0.29, 0.717) is 17.9 Å². The number of amides is 1. The average molecular weight is 451 g/mol. The van der Waals surface area contributed by atoms with Gasteiger partial charge in [-0.3, -0.25) is 9.69 Å². The van der Waals surface area contributed by atoms with Crippen LogP contribution in [0.2, 0.25) is 0 Å². The maximum absolute atomic E-state index is 14.5. The summed E-state index contributed by atoms with van der Waals surface area (Å²) in [6.45, 7) is 4.65. The number of rotatable bonds is 8. The first-order valence-corrected chi connectivity index (χ1v) is 11.0. The van der Waals surface area contributed by atoms with Crippen LogP contribution in [0.5, 0.6) is 11.5 Å². The largest absolute Gasteiger partial charge is 0.508 e. The maximum atomic E-state index is 14.5. The zero-order chi connectivity index (χ0) is 23.0. The molecule has 4 rings (SSSR count). The molecule has 0 unspecified atom stereocenters. The Morgan fingerprint density at radius 2 is 1.79 bits per heavy atom. The number of nitrogens with one attached hydrogen (secondary N) is 1. The first-order valence-electron chi connectivity index (χ1n) is 11.0. The molecular formula is C26H27FN2O4. The van der Waals surface area contributed by atoms with E-state index in [0.717, 1.165) is 50.4 Å². The molecule has 6 nitrogen and oxygen atoms in total. The predicted octanol–water partition coefficient (Wildman–Crippen LogP) is 4.55. The van der Waals surface area contributed by atoms with Crippen LogP contribution >= 0.6 is 0 Å². The van der Waals surface area contributed by atoms with Gasteiger partial charge in [0, 0.05) is 37.0 Å². The maximum Gasteiger partial charge on any atom is 0.255 e. The highest BCUT2D eigenvalue weighted by Gasteiger charge is 2.12. The minimum absolute atomic E-state index is 0.154. The highest BCUT2D eigenvalue weighted by atomic mass is 19.1. The molecule has 0 radical (unpaired) electrons. The first-order chi connectivity index (χ1) is 16.1. The summed E-state index contributed by atoms with van der Waals surface area (Å²) in [5, 5.41) is 12.4. The minimum Gasteiger partial charge on any atom is -0.508 e. The molecule has 0 aliphatic carbocycles. The fraction of sp³-hybridized carbons (Fsp3) is 0.269. The standard InChI is InChI=1S/C26H27FN2O4/c27-24-18-22(8-9-25(24)33-13-3-10-29-11-14-32-15-12-29)28-26(31)21-6-1-4-19(16-21)20-5-2-7-23(30)17-20/h1-2,4-9,16-18,30H,3,10-15H2,(H,28,31). The van der Waals surface area contributed by atoms with Crippen molar-refractivity contribution >= 4 is 11.6 Å². The van der Waals surface area contributed by atoms with Gasteiger partial charge in [-0.15, -0.1) is 0 Å². The van der Waals surface area contributed by atoms with Gasteiger partial charge < -0.3 is 19.9 Å². The van der Waals surface area contributed by atoms with E-state index in [4.69, 9.17) is 9.47 Å². The van der Waals surface area contributed by atoms with Crippen molar-refractivity contribution in [2.45, 2.75) is 6.42 Å². The molecule has 172 valence electrons. The van der Waals surface area contributed by atoms with Gasteiger partial charge in [0.1, 0.15) is 5.75 Å². The number of morpholine rings is 1. The molecule has 1 amide bonds. The second-order valence-corrected chi connectivity index (χ2v) is 7.89. The van der Waals surface area contributed by atoms with Crippen LogP contribution in [0.25, 0.3) is 11.1 Å². The van der Waals surface area contributed by atoms with Gasteiger partial charge in [-0.1, -0.05) is 24.3 Å². The van der Waals surface area contributed by atoms with E-state index >= 15 is 0 Å². The molecular weight excluding hydrogens is 423 g/mol. The summed E-state index contributed by atoms with van der Waals surface area (Å²) >= 11 is 0. The number of carbonyl (C=O) groups excluding carboxylic acids is 1. The average Bonchev–Trinajstić information content (AvgIpc) is 2.84. The summed E-state index contributed by atoms with van der Waals surface area (Å²) in [6, 6.07) is 18.3. The number of nitrogens with zero attached hydrogens (tertiary/aromatic N) is 1. The SMILES string of the molecule is O=C(Nc1ccc(OCCCN2CCOCC2)c(F)c1)c1cccc(-c2cccc(O)c2)c1. The summed E-state index contributed by atoms with van der Waals surface area (Å²) in [7, 11) is 0. The zero-order valence-electron chi connectivity index (χ0n) is 18.3. The minimum atomic E-state index is -0.521. The van der Waals surface area contributed by atoms with Gasteiger partial charge in [-0.2, -0.15) is 0 Å². The third-order valence-electron chi connectivity index (χ3n) is 5.47. The van der Waals surface area contributed by atoms with Crippen molar-refractivity contribution < 1.29 is 23.8 Å². The summed E-state index contributed by atoms with van der Waals surface area (Å²) in [6.07, 6.45) is 0.799. The monoisotopic (exact) mass is 450 g/mol. The molecule has 1 heterocycles. The number of halogens is 1. The topological polar surface area (TPSA) is 71.0 Å². The smallest absolute Gasteiger partial charge is 0.255 e.